The summed E-state index contributed by atoms with van der Waals surface area (Å²) in [6.07, 6.45) is 0. The normalized spacial score (nSPS) is 19.2. The monoisotopic (exact) mass is 216 g/mol. The van der Waals surface area contributed by atoms with Crippen molar-refractivity contribution in [1.82, 2.24) is 0 Å². The van der Waals surface area contributed by atoms with Gasteiger partial charge in [0.2, 0.25) is 0 Å². The molecule has 0 fully saturated rings. The zero-order valence-corrected chi connectivity index (χ0v) is 6.84. The van der Waals surface area contributed by atoms with Gasteiger partial charge in [-0.2, -0.15) is 0 Å². The molecule has 56 valence electrons. The molecule has 0 heterocycles. The zero-order chi connectivity index (χ0) is 7.82. The van der Waals surface area contributed by atoms with Gasteiger partial charge >= 0.3 is 62.2 Å². The molecule has 3 nitrogen and oxygen atoms in total. The third-order valence-electron chi connectivity index (χ3n) is 0.209. The summed E-state index contributed by atoms with van der Waals surface area (Å²) in [5.41, 5.74) is 7.49. The quantitative estimate of drug-likeness (QED) is 0.268. The van der Waals surface area contributed by atoms with E-state index in [1.807, 2.05) is 0 Å². The average molecular weight is 217 g/mol. The second-order valence-electron chi connectivity index (χ2n) is 1.20. The molecule has 0 rings (SSSR count). The minimum absolute atomic E-state index is 1.69. The summed E-state index contributed by atoms with van der Waals surface area (Å²) in [5, 5.41) is 0. The van der Waals surface area contributed by atoms with E-state index in [0.717, 1.165) is 0 Å². The van der Waals surface area contributed by atoms with Gasteiger partial charge < -0.3 is 0 Å². The van der Waals surface area contributed by atoms with Gasteiger partial charge in [-0.05, 0) is 0 Å². The number of halogens is 5. The van der Waals surface area contributed by atoms with Crippen LogP contribution in [0.25, 0.3) is 10.4 Å². The predicted octanol–water partition coefficient (Wildman–Crippen LogP) is 4.53. The Hall–Kier alpha value is 0.470. The Morgan fingerprint density at radius 2 is 1.67 bits per heavy atom. The molecule has 0 saturated heterocycles. The topological polar surface area (TPSA) is 48.8 Å². The van der Waals surface area contributed by atoms with Crippen molar-refractivity contribution in [2.24, 2.45) is 4.88 Å². The van der Waals surface area contributed by atoms with Crippen LogP contribution >= 0.6 is 38.5 Å². The summed E-state index contributed by atoms with van der Waals surface area (Å²) in [6.45, 7) is 0. The van der Waals surface area contributed by atoms with Gasteiger partial charge in [0.1, 0.15) is 0 Å². The van der Waals surface area contributed by atoms with E-state index in [1.54, 1.807) is 9.80 Å². The van der Waals surface area contributed by atoms with E-state index in [9.17, 15) is 8.39 Å². The third-order valence-corrected chi connectivity index (χ3v) is 1.24. The van der Waals surface area contributed by atoms with Crippen LogP contribution in [0.5, 0.6) is 0 Å². The molecule has 0 atom stereocenters. The molecule has 0 spiro atoms. The maximum atomic E-state index is 12.1. The van der Waals surface area contributed by atoms with E-state index >= 15 is 0 Å². The number of rotatable bonds is 1. The first-order valence-electron chi connectivity index (χ1n) is 1.45. The summed E-state index contributed by atoms with van der Waals surface area (Å²) in [5.74, 6) is 0. The van der Waals surface area contributed by atoms with Crippen molar-refractivity contribution in [3.8, 4) is 0 Å². The molecule has 0 aliphatic carbocycles. The van der Waals surface area contributed by atoms with Crippen LogP contribution in [0.3, 0.4) is 0 Å². The van der Waals surface area contributed by atoms with Gasteiger partial charge in [-0.25, -0.2) is 0 Å². The maximum absolute atomic E-state index is 12.1. The van der Waals surface area contributed by atoms with Gasteiger partial charge in [-0.3, -0.25) is 0 Å². The van der Waals surface area contributed by atoms with E-state index in [-0.39, 0.29) is 0 Å². The van der Waals surface area contributed by atoms with Crippen LogP contribution in [0.15, 0.2) is 4.88 Å². The fourth-order valence-corrected chi connectivity index (χ4v) is 0.499. The van der Waals surface area contributed by atoms with Crippen LogP contribution in [0.1, 0.15) is 0 Å². The molecule has 0 aliphatic rings. The second kappa shape index (κ2) is 1.55. The first-order valence-corrected chi connectivity index (χ1v) is 6.58. The first-order chi connectivity index (χ1) is 3.54. The van der Waals surface area contributed by atoms with Crippen LogP contribution in [0, 0.1) is 0 Å². The molecule has 0 aromatic heterocycles. The van der Waals surface area contributed by atoms with Crippen LogP contribution in [-0.4, -0.2) is 0 Å². The fourth-order valence-electron chi connectivity index (χ4n) is 0.0756. The Bertz CT molecular complexity index is 170. The van der Waals surface area contributed by atoms with E-state index < -0.39 is 4.77 Å². The van der Waals surface area contributed by atoms with Crippen molar-refractivity contribution in [2.45, 2.75) is 0 Å². The van der Waals surface area contributed by atoms with E-state index in [2.05, 4.69) is 33.7 Å². The molecule has 0 saturated carbocycles. The van der Waals surface area contributed by atoms with E-state index in [4.69, 9.17) is 5.53 Å². The Morgan fingerprint density at radius 3 is 1.67 bits per heavy atom. The summed E-state index contributed by atoms with van der Waals surface area (Å²) >= 11 is 12.8. The van der Waals surface area contributed by atoms with Gasteiger partial charge in [-0.15, -0.1) is 0 Å². The molecular weight excluding hydrogens is 217 g/mol. The van der Waals surface area contributed by atoms with Crippen LogP contribution in [0.4, 0.5) is 8.39 Å². The summed E-state index contributed by atoms with van der Waals surface area (Å²) < 4.78 is 17.1. The molecule has 0 bridgehead atoms. The summed E-state index contributed by atoms with van der Waals surface area (Å²) in [4.78, 5) is 3.49. The first kappa shape index (κ1) is 9.47. The fraction of sp³-hybridized carbons (Fsp3) is 0. The third kappa shape index (κ3) is 8.47. The van der Waals surface area contributed by atoms with Crippen molar-refractivity contribution in [2.75, 3.05) is 0 Å². The number of azide groups is 1. The molecule has 9 heavy (non-hydrogen) atoms. The van der Waals surface area contributed by atoms with Crippen LogP contribution in [0.2, 0.25) is 0 Å². The summed E-state index contributed by atoms with van der Waals surface area (Å²) in [7, 11) is 0. The van der Waals surface area contributed by atoms with E-state index in [1.165, 1.54) is 0 Å². The number of nitrogens with zero attached hydrogens (tertiary/aromatic N) is 3. The predicted molar refractivity (Wildman–Crippen MR) is 35.8 cm³/mol. The molecule has 0 radical (unpaired) electrons. The zero-order valence-electron chi connectivity index (χ0n) is 3.68. The minimum atomic E-state index is -7.11. The SMILES string of the molecule is [N-]=[N+]=N[P-](F)(F)(Cl)(Cl)Cl. The number of hydrogen-bond donors (Lipinski definition) is 0. The molecule has 0 aromatic rings. The Kier molecular flexibility index (Phi) is 1.63. The van der Waals surface area contributed by atoms with Gasteiger partial charge in [0.05, 0.1) is 0 Å². The van der Waals surface area contributed by atoms with Crippen molar-refractivity contribution in [3.63, 3.8) is 0 Å². The van der Waals surface area contributed by atoms with Gasteiger partial charge in [0, 0.05) is 0 Å². The van der Waals surface area contributed by atoms with Crippen molar-refractivity contribution in [3.05, 3.63) is 10.4 Å². The standard InChI is InChI=1S/Cl3F2N3P/c1-9(2,3,4,5)8-7-6/q-1. The molecular formula is Cl3F2N3P-. The Morgan fingerprint density at radius 1 is 1.33 bits per heavy atom. The molecule has 9 heteroatoms. The average Bonchev–Trinajstić information content (AvgIpc) is 1.22. The van der Waals surface area contributed by atoms with Crippen molar-refractivity contribution in [1.29, 1.82) is 0 Å². The molecule has 0 amide bonds. The van der Waals surface area contributed by atoms with Gasteiger partial charge in [-0.1, -0.05) is 0 Å². The van der Waals surface area contributed by atoms with Crippen LogP contribution in [-0.2, 0) is 0 Å². The van der Waals surface area contributed by atoms with Gasteiger partial charge in [0.15, 0.2) is 0 Å². The second-order valence-corrected chi connectivity index (χ2v) is 11.7. The molecule has 0 unspecified atom stereocenters. The van der Waals surface area contributed by atoms with Crippen molar-refractivity contribution >= 4 is 38.5 Å². The summed E-state index contributed by atoms with van der Waals surface area (Å²) in [6, 6.07) is 0. The Balaban J connectivity index is 4.99. The van der Waals surface area contributed by atoms with E-state index in [0.29, 0.717) is 0 Å². The van der Waals surface area contributed by atoms with Gasteiger partial charge in [0.25, 0.3) is 0 Å². The number of hydrogen-bond acceptors (Lipinski definition) is 1. The molecule has 0 aliphatic heterocycles. The van der Waals surface area contributed by atoms with Crippen molar-refractivity contribution < 1.29 is 8.39 Å². The molecule has 0 N–H and O–H groups in total. The Labute approximate surface area is 62.7 Å². The molecule has 0 aromatic carbocycles. The van der Waals surface area contributed by atoms with Crippen LogP contribution < -0.4 is 0 Å².